The number of carbonyl (C=O) groups is 1. The molecule has 2 aromatic carbocycles. The van der Waals surface area contributed by atoms with Crippen molar-refractivity contribution in [3.63, 3.8) is 0 Å². The second-order valence-corrected chi connectivity index (χ2v) is 5.19. The van der Waals surface area contributed by atoms with E-state index in [9.17, 15) is 4.79 Å². The van der Waals surface area contributed by atoms with Crippen molar-refractivity contribution in [2.45, 2.75) is 26.8 Å². The van der Waals surface area contributed by atoms with E-state index in [0.29, 0.717) is 13.1 Å². The fourth-order valence-electron chi connectivity index (χ4n) is 2.06. The van der Waals surface area contributed by atoms with Crippen LogP contribution in [-0.2, 0) is 17.8 Å². The van der Waals surface area contributed by atoms with Crippen molar-refractivity contribution in [3.8, 4) is 0 Å². The van der Waals surface area contributed by atoms with Crippen molar-refractivity contribution in [2.24, 2.45) is 0 Å². The van der Waals surface area contributed by atoms with Crippen LogP contribution in [-0.4, -0.2) is 12.5 Å². The maximum atomic E-state index is 11.8. The van der Waals surface area contributed by atoms with Gasteiger partial charge in [-0.25, -0.2) is 0 Å². The predicted octanol–water partition coefficient (Wildman–Crippen LogP) is 3.29. The average Bonchev–Trinajstić information content (AvgIpc) is 2.50. The summed E-state index contributed by atoms with van der Waals surface area (Å²) in [7, 11) is 0. The number of anilines is 1. The van der Waals surface area contributed by atoms with Crippen molar-refractivity contribution in [1.82, 2.24) is 5.32 Å². The van der Waals surface area contributed by atoms with Crippen LogP contribution < -0.4 is 10.6 Å². The van der Waals surface area contributed by atoms with Crippen LogP contribution in [0.5, 0.6) is 0 Å². The van der Waals surface area contributed by atoms with Crippen LogP contribution in [0.1, 0.15) is 23.6 Å². The minimum atomic E-state index is -0.0240. The molecule has 0 aliphatic carbocycles. The van der Waals surface area contributed by atoms with Crippen LogP contribution >= 0.6 is 0 Å². The average molecular weight is 282 g/mol. The minimum Gasteiger partial charge on any atom is -0.325 e. The molecule has 0 aliphatic rings. The van der Waals surface area contributed by atoms with Gasteiger partial charge in [-0.1, -0.05) is 48.9 Å². The van der Waals surface area contributed by atoms with Gasteiger partial charge in [0.25, 0.3) is 0 Å². The monoisotopic (exact) mass is 282 g/mol. The summed E-state index contributed by atoms with van der Waals surface area (Å²) < 4.78 is 0. The number of hydrogen-bond donors (Lipinski definition) is 2. The molecule has 0 heterocycles. The maximum Gasteiger partial charge on any atom is 0.238 e. The fraction of sp³-hybridized carbons (Fsp3) is 0.278. The zero-order chi connectivity index (χ0) is 15.1. The molecule has 2 N–H and O–H groups in total. The molecule has 2 aromatic rings. The number of rotatable bonds is 6. The normalized spacial score (nSPS) is 10.4. The van der Waals surface area contributed by atoms with Gasteiger partial charge < -0.3 is 10.6 Å². The Morgan fingerprint density at radius 1 is 0.952 bits per heavy atom. The first kappa shape index (κ1) is 15.3. The molecule has 110 valence electrons. The molecule has 21 heavy (non-hydrogen) atoms. The summed E-state index contributed by atoms with van der Waals surface area (Å²) in [4.78, 5) is 11.8. The standard InChI is InChI=1S/C18H22N2O/c1-3-15-6-8-16(9-7-15)12-19-13-18(21)20-17-10-4-14(2)5-11-17/h4-11,19H,3,12-13H2,1-2H3,(H,20,21). The molecule has 0 aliphatic heterocycles. The summed E-state index contributed by atoms with van der Waals surface area (Å²) in [6.07, 6.45) is 1.05. The Labute approximate surface area is 126 Å². The van der Waals surface area contributed by atoms with Crippen LogP contribution in [0.2, 0.25) is 0 Å². The van der Waals surface area contributed by atoms with Crippen LogP contribution in [0, 0.1) is 6.92 Å². The molecule has 0 unspecified atom stereocenters. The molecule has 3 heteroatoms. The van der Waals surface area contributed by atoms with Crippen molar-refractivity contribution in [2.75, 3.05) is 11.9 Å². The molecule has 0 radical (unpaired) electrons. The second kappa shape index (κ2) is 7.60. The zero-order valence-corrected chi connectivity index (χ0v) is 12.6. The summed E-state index contributed by atoms with van der Waals surface area (Å²) in [6, 6.07) is 16.3. The van der Waals surface area contributed by atoms with Gasteiger partial charge in [-0.05, 0) is 36.6 Å². The molecular weight excluding hydrogens is 260 g/mol. The van der Waals surface area contributed by atoms with E-state index >= 15 is 0 Å². The Kier molecular flexibility index (Phi) is 5.52. The Hall–Kier alpha value is -2.13. The first-order valence-electron chi connectivity index (χ1n) is 7.32. The first-order valence-corrected chi connectivity index (χ1v) is 7.32. The Morgan fingerprint density at radius 2 is 1.57 bits per heavy atom. The van der Waals surface area contributed by atoms with Crippen LogP contribution in [0.15, 0.2) is 48.5 Å². The molecule has 0 atom stereocenters. The van der Waals surface area contributed by atoms with Crippen molar-refractivity contribution >= 4 is 11.6 Å². The maximum absolute atomic E-state index is 11.8. The lowest BCUT2D eigenvalue weighted by molar-refractivity contribution is -0.115. The van der Waals surface area contributed by atoms with Crippen LogP contribution in [0.3, 0.4) is 0 Å². The molecule has 1 amide bonds. The number of nitrogens with one attached hydrogen (secondary N) is 2. The van der Waals surface area contributed by atoms with E-state index in [4.69, 9.17) is 0 Å². The lowest BCUT2D eigenvalue weighted by atomic mass is 10.1. The number of carbonyl (C=O) groups excluding carboxylic acids is 1. The third-order valence-electron chi connectivity index (χ3n) is 3.38. The SMILES string of the molecule is CCc1ccc(CNCC(=O)Nc2ccc(C)cc2)cc1. The minimum absolute atomic E-state index is 0.0240. The van der Waals surface area contributed by atoms with E-state index in [1.54, 1.807) is 0 Å². The van der Waals surface area contributed by atoms with E-state index < -0.39 is 0 Å². The number of benzene rings is 2. The fourth-order valence-corrected chi connectivity index (χ4v) is 2.06. The van der Waals surface area contributed by atoms with E-state index in [2.05, 4.69) is 41.8 Å². The summed E-state index contributed by atoms with van der Waals surface area (Å²) >= 11 is 0. The van der Waals surface area contributed by atoms with Gasteiger partial charge >= 0.3 is 0 Å². The van der Waals surface area contributed by atoms with Crippen molar-refractivity contribution in [1.29, 1.82) is 0 Å². The molecule has 3 nitrogen and oxygen atoms in total. The lowest BCUT2D eigenvalue weighted by Crippen LogP contribution is -2.27. The van der Waals surface area contributed by atoms with Gasteiger partial charge in [0.05, 0.1) is 6.54 Å². The van der Waals surface area contributed by atoms with E-state index in [1.807, 2.05) is 31.2 Å². The number of hydrogen-bond acceptors (Lipinski definition) is 2. The molecule has 0 fully saturated rings. The summed E-state index contributed by atoms with van der Waals surface area (Å²) in [5.74, 6) is -0.0240. The van der Waals surface area contributed by atoms with Gasteiger partial charge in [-0.2, -0.15) is 0 Å². The molecule has 0 bridgehead atoms. The Bertz CT molecular complexity index is 573. The third-order valence-corrected chi connectivity index (χ3v) is 3.38. The van der Waals surface area contributed by atoms with E-state index in [1.165, 1.54) is 16.7 Å². The quantitative estimate of drug-likeness (QED) is 0.853. The molecule has 0 saturated carbocycles. The van der Waals surface area contributed by atoms with Crippen LogP contribution in [0.25, 0.3) is 0 Å². The van der Waals surface area contributed by atoms with Gasteiger partial charge in [0, 0.05) is 12.2 Å². The van der Waals surface area contributed by atoms with E-state index in [0.717, 1.165) is 12.1 Å². The van der Waals surface area contributed by atoms with Gasteiger partial charge in [0.1, 0.15) is 0 Å². The van der Waals surface area contributed by atoms with E-state index in [-0.39, 0.29) is 5.91 Å². The summed E-state index contributed by atoms with van der Waals surface area (Å²) in [5, 5.41) is 6.03. The van der Waals surface area contributed by atoms with Crippen molar-refractivity contribution in [3.05, 3.63) is 65.2 Å². The highest BCUT2D eigenvalue weighted by atomic mass is 16.1. The third kappa shape index (κ3) is 5.04. The highest BCUT2D eigenvalue weighted by Crippen LogP contribution is 2.08. The molecule has 2 rings (SSSR count). The molecular formula is C18H22N2O. The van der Waals surface area contributed by atoms with Gasteiger partial charge in [0.2, 0.25) is 5.91 Å². The molecule has 0 spiro atoms. The van der Waals surface area contributed by atoms with Gasteiger partial charge in [0.15, 0.2) is 0 Å². The molecule has 0 aromatic heterocycles. The van der Waals surface area contributed by atoms with Crippen molar-refractivity contribution < 1.29 is 4.79 Å². The first-order chi connectivity index (χ1) is 10.2. The van der Waals surface area contributed by atoms with Gasteiger partial charge in [-0.15, -0.1) is 0 Å². The largest absolute Gasteiger partial charge is 0.325 e. The lowest BCUT2D eigenvalue weighted by Gasteiger charge is -2.07. The summed E-state index contributed by atoms with van der Waals surface area (Å²) in [6.45, 7) is 5.17. The highest BCUT2D eigenvalue weighted by molar-refractivity contribution is 5.92. The Balaban J connectivity index is 1.74. The highest BCUT2D eigenvalue weighted by Gasteiger charge is 2.02. The van der Waals surface area contributed by atoms with Crippen LogP contribution in [0.4, 0.5) is 5.69 Å². The van der Waals surface area contributed by atoms with Gasteiger partial charge in [-0.3, -0.25) is 4.79 Å². The summed E-state index contributed by atoms with van der Waals surface area (Å²) in [5.41, 5.74) is 4.53. The predicted molar refractivity (Wildman–Crippen MR) is 87.3 cm³/mol. The molecule has 0 saturated heterocycles. The Morgan fingerprint density at radius 3 is 2.19 bits per heavy atom. The second-order valence-electron chi connectivity index (χ2n) is 5.19. The zero-order valence-electron chi connectivity index (χ0n) is 12.6. The smallest absolute Gasteiger partial charge is 0.238 e. The topological polar surface area (TPSA) is 41.1 Å². The number of amides is 1. The number of aryl methyl sites for hydroxylation is 2.